The maximum Gasteiger partial charge on any atom is 0.331 e. The largest absolute Gasteiger partial charge is 0.459 e. The maximum absolute atomic E-state index is 13.7. The Hall–Kier alpha value is -3.25. The summed E-state index contributed by atoms with van der Waals surface area (Å²) in [6.45, 7) is 17.6. The Balaban J connectivity index is 1.61. The van der Waals surface area contributed by atoms with Crippen LogP contribution in [0.1, 0.15) is 60.0 Å². The summed E-state index contributed by atoms with van der Waals surface area (Å²) < 4.78 is 7.61. The molecule has 9 heteroatoms. The van der Waals surface area contributed by atoms with Crippen LogP contribution in [-0.2, 0) is 4.74 Å². The van der Waals surface area contributed by atoms with E-state index in [4.69, 9.17) is 16.3 Å². The van der Waals surface area contributed by atoms with Gasteiger partial charge >= 0.3 is 5.97 Å². The molecule has 3 heterocycles. The highest BCUT2D eigenvalue weighted by Gasteiger charge is 2.38. The molecular weight excluding hydrogens is 486 g/mol. The summed E-state index contributed by atoms with van der Waals surface area (Å²) in [7, 11) is 0. The summed E-state index contributed by atoms with van der Waals surface area (Å²) in [6, 6.07) is 7.85. The SMILES string of the molecule is [C-]#[N+]c1c(C(=O)OC2C(C)CC(C)CC2C)c2nc(-c3ccc(C)cc3)[nH]n2c1C(=O)N1CCSCC1. The molecule has 1 aliphatic carbocycles. The number of benzene rings is 1. The van der Waals surface area contributed by atoms with E-state index in [1.807, 2.05) is 31.2 Å². The van der Waals surface area contributed by atoms with E-state index in [9.17, 15) is 9.59 Å². The van der Waals surface area contributed by atoms with Gasteiger partial charge in [0, 0.05) is 30.2 Å². The number of hydrogen-bond donors (Lipinski definition) is 1. The lowest BCUT2D eigenvalue weighted by Gasteiger charge is -2.37. The van der Waals surface area contributed by atoms with Gasteiger partial charge in [0.15, 0.2) is 11.5 Å². The molecule has 1 amide bonds. The van der Waals surface area contributed by atoms with E-state index in [2.05, 4.69) is 30.7 Å². The van der Waals surface area contributed by atoms with Gasteiger partial charge < -0.3 is 9.64 Å². The molecule has 1 saturated heterocycles. The van der Waals surface area contributed by atoms with Gasteiger partial charge in [0.1, 0.15) is 17.4 Å². The molecule has 0 bridgehead atoms. The number of amides is 1. The number of carbonyl (C=O) groups excluding carboxylic acids is 2. The number of H-pyrrole nitrogens is 1. The summed E-state index contributed by atoms with van der Waals surface area (Å²) in [5.74, 6) is 2.36. The molecule has 5 rings (SSSR count). The maximum atomic E-state index is 13.7. The standard InChI is InChI=1S/C28H33N5O3S/c1-16-6-8-20(9-7-16)25-30-26-21(28(35)36-24-18(3)14-17(2)15-19(24)4)22(29-5)23(33(26)31-25)27(34)32-10-12-37-13-11-32/h6-9,17-19,24H,10-15H2,1-4H3,(H,30,31). The summed E-state index contributed by atoms with van der Waals surface area (Å²) in [5.41, 5.74) is 2.42. The van der Waals surface area contributed by atoms with E-state index in [0.29, 0.717) is 24.8 Å². The summed E-state index contributed by atoms with van der Waals surface area (Å²) in [4.78, 5) is 37.6. The number of aromatic nitrogens is 3. The van der Waals surface area contributed by atoms with E-state index < -0.39 is 5.97 Å². The predicted molar refractivity (Wildman–Crippen MR) is 145 cm³/mol. The number of nitrogens with one attached hydrogen (secondary N) is 1. The fourth-order valence-electron chi connectivity index (χ4n) is 5.86. The van der Waals surface area contributed by atoms with Crippen molar-refractivity contribution in [2.45, 2.75) is 46.6 Å². The van der Waals surface area contributed by atoms with Crippen molar-refractivity contribution in [1.29, 1.82) is 0 Å². The molecule has 1 N–H and O–H groups in total. The third-order valence-electron chi connectivity index (χ3n) is 7.61. The first-order valence-electron chi connectivity index (χ1n) is 12.9. The second-order valence-electron chi connectivity index (χ2n) is 10.6. The topological polar surface area (TPSA) is 84.1 Å². The van der Waals surface area contributed by atoms with Gasteiger partial charge in [-0.2, -0.15) is 11.8 Å². The highest BCUT2D eigenvalue weighted by molar-refractivity contribution is 7.99. The molecule has 1 aliphatic heterocycles. The van der Waals surface area contributed by atoms with Crippen LogP contribution in [0.25, 0.3) is 21.9 Å². The van der Waals surface area contributed by atoms with E-state index in [1.54, 1.807) is 16.7 Å². The second kappa shape index (κ2) is 10.3. The normalized spacial score (nSPS) is 24.1. The molecular formula is C28H33N5O3S. The van der Waals surface area contributed by atoms with Gasteiger partial charge in [-0.1, -0.05) is 50.6 Å². The molecule has 0 spiro atoms. The van der Waals surface area contributed by atoms with Crippen molar-refractivity contribution in [3.63, 3.8) is 0 Å². The van der Waals surface area contributed by atoms with Crippen molar-refractivity contribution in [3.8, 4) is 11.4 Å². The lowest BCUT2D eigenvalue weighted by molar-refractivity contribution is -0.0249. The molecule has 1 aromatic carbocycles. The van der Waals surface area contributed by atoms with Crippen molar-refractivity contribution >= 4 is 35.0 Å². The van der Waals surface area contributed by atoms with Crippen LogP contribution >= 0.6 is 11.8 Å². The van der Waals surface area contributed by atoms with Gasteiger partial charge in [-0.3, -0.25) is 9.89 Å². The number of fused-ring (bicyclic) bond motifs is 1. The number of rotatable bonds is 4. The average molecular weight is 520 g/mol. The smallest absolute Gasteiger partial charge is 0.331 e. The number of esters is 1. The molecule has 0 radical (unpaired) electrons. The molecule has 3 aromatic rings. The molecule has 8 nitrogen and oxygen atoms in total. The monoisotopic (exact) mass is 519 g/mol. The van der Waals surface area contributed by atoms with Gasteiger partial charge in [-0.25, -0.2) is 19.1 Å². The molecule has 1 saturated carbocycles. The average Bonchev–Trinajstić information content (AvgIpc) is 3.43. The molecule has 37 heavy (non-hydrogen) atoms. The quantitative estimate of drug-likeness (QED) is 0.358. The minimum absolute atomic E-state index is 0.00640. The first-order chi connectivity index (χ1) is 17.8. The van der Waals surface area contributed by atoms with Gasteiger partial charge in [0.2, 0.25) is 5.69 Å². The Morgan fingerprint density at radius 3 is 2.38 bits per heavy atom. The zero-order valence-electron chi connectivity index (χ0n) is 21.8. The van der Waals surface area contributed by atoms with Crippen LogP contribution in [0.5, 0.6) is 0 Å². The number of nitrogens with zero attached hydrogens (tertiary/aromatic N) is 4. The summed E-state index contributed by atoms with van der Waals surface area (Å²) in [5, 5.41) is 3.20. The Labute approximate surface area is 221 Å². The first kappa shape index (κ1) is 25.4. The number of ether oxygens (including phenoxy) is 1. The summed E-state index contributed by atoms with van der Waals surface area (Å²) in [6.07, 6.45) is 1.73. The third-order valence-corrected chi connectivity index (χ3v) is 8.55. The Morgan fingerprint density at radius 1 is 1.11 bits per heavy atom. The van der Waals surface area contributed by atoms with E-state index in [1.165, 1.54) is 4.52 Å². The fraction of sp³-hybridized carbons (Fsp3) is 0.500. The lowest BCUT2D eigenvalue weighted by Crippen LogP contribution is -2.38. The predicted octanol–water partition coefficient (Wildman–Crippen LogP) is 5.61. The van der Waals surface area contributed by atoms with Crippen LogP contribution in [-0.4, -0.2) is 62.1 Å². The zero-order chi connectivity index (χ0) is 26.3. The fourth-order valence-corrected chi connectivity index (χ4v) is 6.76. The van der Waals surface area contributed by atoms with E-state index >= 15 is 0 Å². The lowest BCUT2D eigenvalue weighted by atomic mass is 9.75. The number of hydrogen-bond acceptors (Lipinski definition) is 5. The Morgan fingerprint density at radius 2 is 1.76 bits per heavy atom. The zero-order valence-corrected chi connectivity index (χ0v) is 22.6. The highest BCUT2D eigenvalue weighted by atomic mass is 32.2. The molecule has 2 aliphatic rings. The van der Waals surface area contributed by atoms with Crippen molar-refractivity contribution in [3.05, 3.63) is 52.5 Å². The molecule has 2 aromatic heterocycles. The van der Waals surface area contributed by atoms with E-state index in [0.717, 1.165) is 35.5 Å². The number of aromatic amines is 1. The van der Waals surface area contributed by atoms with Crippen molar-refractivity contribution in [2.75, 3.05) is 24.6 Å². The van der Waals surface area contributed by atoms with Crippen molar-refractivity contribution in [2.24, 2.45) is 17.8 Å². The highest BCUT2D eigenvalue weighted by Crippen LogP contribution is 2.38. The van der Waals surface area contributed by atoms with Crippen molar-refractivity contribution in [1.82, 2.24) is 19.5 Å². The van der Waals surface area contributed by atoms with Crippen LogP contribution < -0.4 is 0 Å². The minimum Gasteiger partial charge on any atom is -0.459 e. The Kier molecular flexibility index (Phi) is 7.04. The molecule has 2 fully saturated rings. The first-order valence-corrected chi connectivity index (χ1v) is 14.1. The van der Waals surface area contributed by atoms with Crippen LogP contribution in [0.2, 0.25) is 0 Å². The molecule has 194 valence electrons. The number of aryl methyl sites for hydroxylation is 1. The van der Waals surface area contributed by atoms with Gasteiger partial charge in [-0.05, 0) is 37.5 Å². The van der Waals surface area contributed by atoms with Crippen LogP contribution in [0.15, 0.2) is 24.3 Å². The van der Waals surface area contributed by atoms with Gasteiger partial charge in [-0.15, -0.1) is 0 Å². The number of thioether (sulfide) groups is 1. The summed E-state index contributed by atoms with van der Waals surface area (Å²) >= 11 is 1.80. The van der Waals surface area contributed by atoms with E-state index in [-0.39, 0.29) is 46.4 Å². The van der Waals surface area contributed by atoms with Gasteiger partial charge in [0.05, 0.1) is 6.57 Å². The second-order valence-corrected chi connectivity index (χ2v) is 11.8. The van der Waals surface area contributed by atoms with Crippen molar-refractivity contribution < 1.29 is 14.3 Å². The van der Waals surface area contributed by atoms with Crippen LogP contribution in [0, 0.1) is 31.2 Å². The Bertz CT molecular complexity index is 1350. The van der Waals surface area contributed by atoms with Gasteiger partial charge in [0.25, 0.3) is 5.91 Å². The van der Waals surface area contributed by atoms with Crippen LogP contribution in [0.4, 0.5) is 5.69 Å². The third kappa shape index (κ3) is 4.75. The molecule has 2 atom stereocenters. The minimum atomic E-state index is -0.586. The molecule has 2 unspecified atom stereocenters. The van der Waals surface area contributed by atoms with Crippen LogP contribution in [0.3, 0.4) is 0 Å². The number of carbonyl (C=O) groups is 2.